The topological polar surface area (TPSA) is 185 Å². The molecule has 2 unspecified atom stereocenters. The monoisotopic (exact) mass is 728 g/mol. The summed E-state index contributed by atoms with van der Waals surface area (Å²) in [7, 11) is 6.48. The van der Waals surface area contributed by atoms with Crippen LogP contribution in [0.3, 0.4) is 0 Å². The van der Waals surface area contributed by atoms with Crippen molar-refractivity contribution in [2.24, 2.45) is 21.1 Å². The van der Waals surface area contributed by atoms with Crippen molar-refractivity contribution in [1.82, 2.24) is 38.9 Å². The van der Waals surface area contributed by atoms with Crippen molar-refractivity contribution in [3.05, 3.63) is 65.9 Å². The zero-order chi connectivity index (χ0) is 35.9. The first-order chi connectivity index (χ1) is 24.0. The number of imidazole rings is 3. The smallest absolute Gasteiger partial charge is 0.292 e. The van der Waals surface area contributed by atoms with E-state index in [-0.39, 0.29) is 47.1 Å². The number of aryl methyl sites for hydroxylation is 3. The number of halogens is 2. The third-order valence-corrected chi connectivity index (χ3v) is 8.13. The van der Waals surface area contributed by atoms with Crippen LogP contribution in [-0.4, -0.2) is 115 Å². The average Bonchev–Trinajstić information content (AvgIpc) is 3.36. The predicted octanol–water partition coefficient (Wildman–Crippen LogP) is 1.95. The molecule has 1 fully saturated rings. The van der Waals surface area contributed by atoms with E-state index in [9.17, 15) is 19.2 Å². The average molecular weight is 730 g/mol. The number of aromatic nitrogens is 6. The summed E-state index contributed by atoms with van der Waals surface area (Å²) >= 11 is 11.8. The van der Waals surface area contributed by atoms with Crippen LogP contribution in [-0.2, 0) is 25.9 Å². The lowest BCUT2D eigenvalue weighted by atomic mass is 10.2. The molecule has 0 saturated carbocycles. The number of alkyl halides is 2. The molecule has 1 saturated heterocycles. The van der Waals surface area contributed by atoms with Crippen LogP contribution in [0.1, 0.15) is 42.2 Å². The number of carbonyl (C=O) groups is 4. The lowest BCUT2D eigenvalue weighted by Crippen LogP contribution is -2.31. The number of amides is 4. The van der Waals surface area contributed by atoms with Crippen LogP contribution in [0.15, 0.2) is 42.9 Å². The highest BCUT2D eigenvalue weighted by Crippen LogP contribution is 2.19. The Morgan fingerprint density at radius 3 is 1.66 bits per heavy atom. The fourth-order valence-electron chi connectivity index (χ4n) is 5.15. The van der Waals surface area contributed by atoms with Gasteiger partial charge in [-0.3, -0.25) is 24.1 Å². The standard InChI is InChI=1S/C31H38Cl2N12O5/c1-41-16-22(35-25(41)29(47)34-11-14-45-18-24(45)50-4)39-31(49)27-37-23(17-43(27)3)40-30(48)26-36-21(15-42(26)2)38-28(46)19-5-7-20(8-6-19)44(12-9-32)13-10-33/h5-8,15-17,24H,9-14,18H2,1-4H3,(H,34,47)(H,38,46)(H,39,49)(H,40,48). The summed E-state index contributed by atoms with van der Waals surface area (Å²) in [4.78, 5) is 68.5. The van der Waals surface area contributed by atoms with E-state index in [1.165, 1.54) is 32.3 Å². The molecule has 0 radical (unpaired) electrons. The summed E-state index contributed by atoms with van der Waals surface area (Å²) in [5, 5.41) is 10.8. The fraction of sp³-hybridized carbons (Fsp3) is 0.387. The van der Waals surface area contributed by atoms with Gasteiger partial charge in [0.1, 0.15) is 6.23 Å². The third-order valence-electron chi connectivity index (χ3n) is 7.79. The van der Waals surface area contributed by atoms with Crippen LogP contribution in [0.5, 0.6) is 0 Å². The molecule has 17 nitrogen and oxygen atoms in total. The number of nitrogens with zero attached hydrogens (tertiary/aromatic N) is 8. The fourth-order valence-corrected chi connectivity index (χ4v) is 5.56. The molecule has 1 aromatic carbocycles. The van der Waals surface area contributed by atoms with Gasteiger partial charge in [0, 0.05) is 103 Å². The number of methoxy groups -OCH3 is 1. The Kier molecular flexibility index (Phi) is 11.7. The van der Waals surface area contributed by atoms with E-state index < -0.39 is 17.7 Å². The SMILES string of the molecule is COC1CN1CCNC(=O)c1nc(NC(=O)c2nc(NC(=O)c3nc(NC(=O)c4ccc(N(CCCl)CCCl)cc4)cn3C)cn2C)cn1C. The number of rotatable bonds is 16. The quantitative estimate of drug-likeness (QED) is 0.0982. The van der Waals surface area contributed by atoms with Crippen molar-refractivity contribution >= 4 is 70.0 Å². The Balaban J connectivity index is 1.16. The lowest BCUT2D eigenvalue weighted by molar-refractivity contribution is 0.0930. The second-order valence-corrected chi connectivity index (χ2v) is 12.2. The van der Waals surface area contributed by atoms with Crippen molar-refractivity contribution in [2.75, 3.05) is 72.4 Å². The van der Waals surface area contributed by atoms with Crippen molar-refractivity contribution < 1.29 is 23.9 Å². The van der Waals surface area contributed by atoms with Gasteiger partial charge in [0.05, 0.1) is 0 Å². The van der Waals surface area contributed by atoms with Gasteiger partial charge in [0.15, 0.2) is 17.5 Å². The molecule has 1 aliphatic heterocycles. The summed E-state index contributed by atoms with van der Waals surface area (Å²) in [6.07, 6.45) is 4.57. The van der Waals surface area contributed by atoms with Gasteiger partial charge in [-0.2, -0.15) is 0 Å². The van der Waals surface area contributed by atoms with Crippen molar-refractivity contribution in [3.63, 3.8) is 0 Å². The maximum Gasteiger partial charge on any atom is 0.292 e. The van der Waals surface area contributed by atoms with Crippen LogP contribution >= 0.6 is 23.2 Å². The van der Waals surface area contributed by atoms with Gasteiger partial charge in [-0.25, -0.2) is 15.0 Å². The molecular weight excluding hydrogens is 691 g/mol. The van der Waals surface area contributed by atoms with Gasteiger partial charge < -0.3 is 44.6 Å². The number of ether oxygens (including phenoxy) is 1. The number of hydrogen-bond donors (Lipinski definition) is 4. The van der Waals surface area contributed by atoms with Crippen LogP contribution in [0.4, 0.5) is 23.1 Å². The van der Waals surface area contributed by atoms with E-state index in [4.69, 9.17) is 27.9 Å². The van der Waals surface area contributed by atoms with Crippen molar-refractivity contribution in [1.29, 1.82) is 0 Å². The zero-order valence-electron chi connectivity index (χ0n) is 27.9. The van der Waals surface area contributed by atoms with Gasteiger partial charge in [-0.1, -0.05) is 0 Å². The molecule has 5 rings (SSSR count). The van der Waals surface area contributed by atoms with Crippen LogP contribution < -0.4 is 26.2 Å². The number of nitrogens with one attached hydrogen (secondary N) is 4. The highest BCUT2D eigenvalue weighted by Gasteiger charge is 2.33. The Morgan fingerprint density at radius 2 is 1.22 bits per heavy atom. The Hall–Kier alpha value is -4.97. The van der Waals surface area contributed by atoms with E-state index in [0.717, 1.165) is 12.2 Å². The summed E-state index contributed by atoms with van der Waals surface area (Å²) < 4.78 is 9.61. The zero-order valence-corrected chi connectivity index (χ0v) is 29.5. The first kappa shape index (κ1) is 36.3. The van der Waals surface area contributed by atoms with Crippen LogP contribution in [0, 0.1) is 0 Å². The second-order valence-electron chi connectivity index (χ2n) is 11.4. The molecule has 2 atom stereocenters. The van der Waals surface area contributed by atoms with Gasteiger partial charge in [-0.15, -0.1) is 23.2 Å². The highest BCUT2D eigenvalue weighted by atomic mass is 35.5. The molecule has 3 aromatic heterocycles. The normalized spacial score (nSPS) is 15.0. The molecule has 4 amide bonds. The maximum absolute atomic E-state index is 13.1. The van der Waals surface area contributed by atoms with Gasteiger partial charge in [0.2, 0.25) is 17.5 Å². The minimum atomic E-state index is -0.613. The van der Waals surface area contributed by atoms with E-state index in [1.807, 2.05) is 17.0 Å². The summed E-state index contributed by atoms with van der Waals surface area (Å²) in [5.74, 6) is -0.607. The van der Waals surface area contributed by atoms with Gasteiger partial charge >= 0.3 is 0 Å². The minimum Gasteiger partial charge on any atom is -0.369 e. The second kappa shape index (κ2) is 16.2. The highest BCUT2D eigenvalue weighted by molar-refractivity contribution is 6.18. The van der Waals surface area contributed by atoms with Gasteiger partial charge in [0.25, 0.3) is 23.6 Å². The first-order valence-corrected chi connectivity index (χ1v) is 16.6. The number of anilines is 4. The Bertz CT molecular complexity index is 1850. The predicted molar refractivity (Wildman–Crippen MR) is 188 cm³/mol. The molecule has 0 aliphatic carbocycles. The van der Waals surface area contributed by atoms with E-state index >= 15 is 0 Å². The third kappa shape index (κ3) is 8.78. The lowest BCUT2D eigenvalue weighted by Gasteiger charge is -2.22. The summed E-state index contributed by atoms with van der Waals surface area (Å²) in [5.41, 5.74) is 1.29. The molecule has 0 bridgehead atoms. The maximum atomic E-state index is 13.1. The van der Waals surface area contributed by atoms with Crippen molar-refractivity contribution in [3.8, 4) is 0 Å². The van der Waals surface area contributed by atoms with E-state index in [0.29, 0.717) is 43.5 Å². The van der Waals surface area contributed by atoms with E-state index in [1.54, 1.807) is 40.4 Å². The minimum absolute atomic E-state index is 0.00258. The molecule has 19 heteroatoms. The van der Waals surface area contributed by atoms with Crippen LogP contribution in [0.25, 0.3) is 0 Å². The molecule has 1 aliphatic rings. The summed E-state index contributed by atoms with van der Waals surface area (Å²) in [6, 6.07) is 6.99. The molecule has 266 valence electrons. The number of hydrogen-bond acceptors (Lipinski definition) is 10. The van der Waals surface area contributed by atoms with Crippen molar-refractivity contribution in [2.45, 2.75) is 6.23 Å². The number of benzene rings is 1. The molecule has 4 heterocycles. The number of carbonyl (C=O) groups excluding carboxylic acids is 4. The Morgan fingerprint density at radius 1 is 0.760 bits per heavy atom. The summed E-state index contributed by atoms with van der Waals surface area (Å²) in [6.45, 7) is 3.14. The molecule has 4 aromatic rings. The van der Waals surface area contributed by atoms with Crippen LogP contribution in [0.2, 0.25) is 0 Å². The van der Waals surface area contributed by atoms with Gasteiger partial charge in [-0.05, 0) is 24.3 Å². The molecule has 50 heavy (non-hydrogen) atoms. The molecular formula is C31H38Cl2N12O5. The molecule has 0 spiro atoms. The Labute approximate surface area is 297 Å². The largest absolute Gasteiger partial charge is 0.369 e. The first-order valence-electron chi connectivity index (χ1n) is 15.6. The molecule has 4 N–H and O–H groups in total. The van der Waals surface area contributed by atoms with E-state index in [2.05, 4.69) is 41.1 Å².